The number of H-pyrrole nitrogens is 1. The van der Waals surface area contributed by atoms with Crippen molar-refractivity contribution in [1.29, 1.82) is 0 Å². The van der Waals surface area contributed by atoms with Gasteiger partial charge in [0.25, 0.3) is 0 Å². The summed E-state index contributed by atoms with van der Waals surface area (Å²) in [5, 5.41) is 0.597. The van der Waals surface area contributed by atoms with Crippen molar-refractivity contribution in [2.75, 3.05) is 23.7 Å². The second kappa shape index (κ2) is 8.79. The number of nitrogens with zero attached hydrogens (tertiary/aromatic N) is 2. The van der Waals surface area contributed by atoms with Crippen molar-refractivity contribution < 1.29 is 13.2 Å². The van der Waals surface area contributed by atoms with Crippen molar-refractivity contribution in [3.8, 4) is 0 Å². The number of fused-ring (bicyclic) bond motifs is 2. The van der Waals surface area contributed by atoms with Crippen LogP contribution in [0.2, 0.25) is 0 Å². The molecule has 2 aromatic carbocycles. The van der Waals surface area contributed by atoms with Gasteiger partial charge in [-0.3, -0.25) is 4.79 Å². The number of hydrogen-bond acceptors (Lipinski definition) is 5. The van der Waals surface area contributed by atoms with Gasteiger partial charge in [-0.25, -0.2) is 18.1 Å². The summed E-state index contributed by atoms with van der Waals surface area (Å²) < 4.78 is 27.4. The van der Waals surface area contributed by atoms with Gasteiger partial charge in [-0.1, -0.05) is 43.3 Å². The zero-order valence-corrected chi connectivity index (χ0v) is 18.4. The van der Waals surface area contributed by atoms with Crippen LogP contribution in [0.25, 0.3) is 11.0 Å². The average molecular weight is 445 g/mol. The van der Waals surface area contributed by atoms with Crippen molar-refractivity contribution in [3.63, 3.8) is 0 Å². The molecule has 0 unspecified atom stereocenters. The fourth-order valence-electron chi connectivity index (χ4n) is 3.47. The zero-order chi connectivity index (χ0) is 21.1. The summed E-state index contributed by atoms with van der Waals surface area (Å²) in [5.41, 5.74) is 3.48. The number of nitrogens with one attached hydrogen (secondary N) is 2. The Kier molecular flexibility index (Phi) is 6.12. The maximum Gasteiger partial charge on any atom is 0.240 e. The molecule has 9 heteroatoms. The number of para-hydroxylation sites is 1. The van der Waals surface area contributed by atoms with Crippen LogP contribution in [-0.2, 0) is 21.2 Å². The molecule has 7 nitrogen and oxygen atoms in total. The van der Waals surface area contributed by atoms with Crippen LogP contribution in [0, 0.1) is 0 Å². The first-order chi connectivity index (χ1) is 14.5. The Morgan fingerprint density at radius 1 is 1.27 bits per heavy atom. The molecule has 158 valence electrons. The number of sulfonamides is 1. The molecule has 0 spiro atoms. The fourth-order valence-corrected chi connectivity index (χ4v) is 5.33. The number of imidazole rings is 1. The molecule has 3 aromatic rings. The summed E-state index contributed by atoms with van der Waals surface area (Å²) in [6.07, 6.45) is 2.59. The number of hydrogen-bond donors (Lipinski definition) is 2. The first-order valence-electron chi connectivity index (χ1n) is 9.98. The number of carbonyl (C=O) groups excluding carboxylic acids is 1. The maximum atomic E-state index is 12.7. The molecule has 0 aliphatic carbocycles. The lowest BCUT2D eigenvalue weighted by Gasteiger charge is -2.16. The maximum absolute atomic E-state index is 12.7. The second-order valence-electron chi connectivity index (χ2n) is 7.19. The molecule has 1 amide bonds. The predicted molar refractivity (Wildman–Crippen MR) is 119 cm³/mol. The Bertz CT molecular complexity index is 1170. The molecule has 0 radical (unpaired) electrons. The highest BCUT2D eigenvalue weighted by Gasteiger charge is 2.24. The van der Waals surface area contributed by atoms with E-state index >= 15 is 0 Å². The number of carbonyl (C=O) groups is 1. The van der Waals surface area contributed by atoms with Crippen LogP contribution in [0.4, 0.5) is 5.69 Å². The van der Waals surface area contributed by atoms with E-state index in [-0.39, 0.29) is 16.6 Å². The molecule has 0 atom stereocenters. The molecule has 2 heterocycles. The minimum absolute atomic E-state index is 0.0359. The van der Waals surface area contributed by atoms with Gasteiger partial charge in [0.05, 0.1) is 21.7 Å². The van der Waals surface area contributed by atoms with E-state index in [1.807, 2.05) is 30.0 Å². The van der Waals surface area contributed by atoms with Crippen LogP contribution in [0.5, 0.6) is 0 Å². The Balaban J connectivity index is 1.44. The number of unbranched alkanes of at least 4 members (excludes halogenated alkanes) is 1. The fraction of sp³-hybridized carbons (Fsp3) is 0.333. The Labute approximate surface area is 180 Å². The first kappa shape index (κ1) is 20.9. The highest BCUT2D eigenvalue weighted by Crippen LogP contribution is 2.29. The zero-order valence-electron chi connectivity index (χ0n) is 16.7. The molecule has 1 aliphatic rings. The standard InChI is InChI=1S/C21H24N4O3S2/c1-2-3-11-22-30(27,28)16-8-9-17-18(13-16)24-21(23-17)29-14-20(26)25-12-10-15-6-4-5-7-19(15)25/h4-9,13,22H,2-3,10-12,14H2,1H3,(H,23,24). The third-order valence-electron chi connectivity index (χ3n) is 5.08. The topological polar surface area (TPSA) is 95.2 Å². The Morgan fingerprint density at radius 2 is 2.10 bits per heavy atom. The number of amides is 1. The highest BCUT2D eigenvalue weighted by molar-refractivity contribution is 7.99. The van der Waals surface area contributed by atoms with Crippen molar-refractivity contribution >= 4 is 44.4 Å². The van der Waals surface area contributed by atoms with Gasteiger partial charge >= 0.3 is 0 Å². The van der Waals surface area contributed by atoms with E-state index in [0.717, 1.165) is 24.9 Å². The number of benzene rings is 2. The molecule has 0 fully saturated rings. The SMILES string of the molecule is CCCCNS(=O)(=O)c1ccc2nc(SCC(=O)N3CCc4ccccc43)[nH]c2c1. The molecule has 30 heavy (non-hydrogen) atoms. The number of rotatable bonds is 8. The van der Waals surface area contributed by atoms with E-state index in [1.165, 1.54) is 17.3 Å². The average Bonchev–Trinajstić information content (AvgIpc) is 3.35. The lowest BCUT2D eigenvalue weighted by atomic mass is 10.2. The minimum Gasteiger partial charge on any atom is -0.333 e. The van der Waals surface area contributed by atoms with E-state index < -0.39 is 10.0 Å². The van der Waals surface area contributed by atoms with E-state index in [1.54, 1.807) is 18.2 Å². The molecular weight excluding hydrogens is 420 g/mol. The highest BCUT2D eigenvalue weighted by atomic mass is 32.2. The Hall–Kier alpha value is -2.36. The van der Waals surface area contributed by atoms with Crippen LogP contribution >= 0.6 is 11.8 Å². The van der Waals surface area contributed by atoms with Crippen LogP contribution in [0.15, 0.2) is 52.5 Å². The van der Waals surface area contributed by atoms with Crippen LogP contribution in [0.3, 0.4) is 0 Å². The summed E-state index contributed by atoms with van der Waals surface area (Å²) in [5.74, 6) is 0.298. The van der Waals surface area contributed by atoms with E-state index in [4.69, 9.17) is 0 Å². The van der Waals surface area contributed by atoms with E-state index in [0.29, 0.717) is 29.3 Å². The van der Waals surface area contributed by atoms with Gasteiger partial charge in [-0.15, -0.1) is 0 Å². The molecule has 0 bridgehead atoms. The smallest absolute Gasteiger partial charge is 0.240 e. The number of anilines is 1. The summed E-state index contributed by atoms with van der Waals surface area (Å²) in [6.45, 7) is 3.13. The third-order valence-corrected chi connectivity index (χ3v) is 7.40. The predicted octanol–water partition coefficient (Wildman–Crippen LogP) is 3.32. The normalized spacial score (nSPS) is 13.7. The lowest BCUT2D eigenvalue weighted by Crippen LogP contribution is -2.30. The van der Waals surface area contributed by atoms with Gasteiger partial charge in [0.2, 0.25) is 15.9 Å². The molecule has 2 N–H and O–H groups in total. The minimum atomic E-state index is -3.55. The molecule has 4 rings (SSSR count). The quantitative estimate of drug-likeness (QED) is 0.410. The van der Waals surface area contributed by atoms with Crippen LogP contribution < -0.4 is 9.62 Å². The monoisotopic (exact) mass is 444 g/mol. The molecule has 1 aliphatic heterocycles. The van der Waals surface area contributed by atoms with Gasteiger partial charge in [-0.05, 0) is 42.7 Å². The van der Waals surface area contributed by atoms with E-state index in [2.05, 4.69) is 20.8 Å². The first-order valence-corrected chi connectivity index (χ1v) is 12.5. The van der Waals surface area contributed by atoms with Crippen molar-refractivity contribution in [2.24, 2.45) is 0 Å². The van der Waals surface area contributed by atoms with Gasteiger partial charge in [-0.2, -0.15) is 0 Å². The van der Waals surface area contributed by atoms with Crippen molar-refractivity contribution in [2.45, 2.75) is 36.2 Å². The summed E-state index contributed by atoms with van der Waals surface area (Å²) >= 11 is 1.32. The molecule has 1 aromatic heterocycles. The molecule has 0 saturated heterocycles. The van der Waals surface area contributed by atoms with E-state index in [9.17, 15) is 13.2 Å². The molecule has 0 saturated carbocycles. The third kappa shape index (κ3) is 4.38. The van der Waals surface area contributed by atoms with Crippen LogP contribution in [-0.4, -0.2) is 43.1 Å². The van der Waals surface area contributed by atoms with Gasteiger partial charge in [0.15, 0.2) is 5.16 Å². The van der Waals surface area contributed by atoms with Gasteiger partial charge < -0.3 is 9.88 Å². The van der Waals surface area contributed by atoms with Crippen molar-refractivity contribution in [1.82, 2.24) is 14.7 Å². The number of aromatic amines is 1. The summed E-state index contributed by atoms with van der Waals surface area (Å²) in [7, 11) is -3.55. The largest absolute Gasteiger partial charge is 0.333 e. The van der Waals surface area contributed by atoms with Gasteiger partial charge in [0, 0.05) is 18.8 Å². The van der Waals surface area contributed by atoms with Gasteiger partial charge in [0.1, 0.15) is 0 Å². The van der Waals surface area contributed by atoms with Crippen molar-refractivity contribution in [3.05, 3.63) is 48.0 Å². The number of thioether (sulfide) groups is 1. The summed E-state index contributed by atoms with van der Waals surface area (Å²) in [6, 6.07) is 12.8. The number of aromatic nitrogens is 2. The Morgan fingerprint density at radius 3 is 2.93 bits per heavy atom. The summed E-state index contributed by atoms with van der Waals surface area (Å²) in [4.78, 5) is 22.3. The lowest BCUT2D eigenvalue weighted by molar-refractivity contribution is -0.116. The second-order valence-corrected chi connectivity index (χ2v) is 9.92. The van der Waals surface area contributed by atoms with Crippen LogP contribution in [0.1, 0.15) is 25.3 Å². The molecular formula is C21H24N4O3S2.